The van der Waals surface area contributed by atoms with Gasteiger partial charge in [0.2, 0.25) is 15.9 Å². The first-order chi connectivity index (χ1) is 22.3. The van der Waals surface area contributed by atoms with Crippen LogP contribution in [0.4, 0.5) is 16.2 Å². The van der Waals surface area contributed by atoms with E-state index < -0.39 is 21.5 Å². The summed E-state index contributed by atoms with van der Waals surface area (Å²) in [5.74, 6) is 1.07. The first-order valence-corrected chi connectivity index (χ1v) is 17.5. The summed E-state index contributed by atoms with van der Waals surface area (Å²) in [6, 6.07) is 10.2. The zero-order valence-corrected chi connectivity index (χ0v) is 29.9. The third kappa shape index (κ3) is 10.0. The van der Waals surface area contributed by atoms with Crippen LogP contribution in [0.3, 0.4) is 0 Å². The number of ether oxygens (including phenoxy) is 3. The highest BCUT2D eigenvalue weighted by Gasteiger charge is 2.27. The molecule has 4 rings (SSSR count). The number of sulfonamides is 1. The number of hydrogen-bond donors (Lipinski definition) is 2. The van der Waals surface area contributed by atoms with Crippen molar-refractivity contribution in [1.82, 2.24) is 19.8 Å². The molecule has 0 bridgehead atoms. The number of nitrogens with zero attached hydrogens (tertiary/aromatic N) is 4. The average molecular weight is 683 g/mol. The third-order valence-corrected chi connectivity index (χ3v) is 8.03. The van der Waals surface area contributed by atoms with Gasteiger partial charge in [-0.25, -0.2) is 18.2 Å². The number of aromatic nitrogens is 2. The summed E-state index contributed by atoms with van der Waals surface area (Å²) in [4.78, 5) is 38.8. The molecule has 1 fully saturated rings. The van der Waals surface area contributed by atoms with Crippen LogP contribution in [-0.4, -0.2) is 85.3 Å². The van der Waals surface area contributed by atoms with Crippen LogP contribution < -0.4 is 19.5 Å². The van der Waals surface area contributed by atoms with Crippen molar-refractivity contribution in [3.8, 4) is 17.4 Å². The van der Waals surface area contributed by atoms with Crippen molar-refractivity contribution in [1.29, 1.82) is 0 Å². The zero-order valence-electron chi connectivity index (χ0n) is 29.1. The van der Waals surface area contributed by atoms with Gasteiger partial charge in [-0.3, -0.25) is 14.4 Å². The predicted molar refractivity (Wildman–Crippen MR) is 184 cm³/mol. The van der Waals surface area contributed by atoms with Crippen LogP contribution in [-0.2, 0) is 26.7 Å². The van der Waals surface area contributed by atoms with Gasteiger partial charge in [0.15, 0.2) is 5.75 Å². The quantitative estimate of drug-likeness (QED) is 0.293. The Morgan fingerprint density at radius 2 is 1.62 bits per heavy atom. The lowest BCUT2D eigenvalue weighted by molar-refractivity contribution is 0.0137. The molecule has 1 aliphatic heterocycles. The van der Waals surface area contributed by atoms with E-state index in [1.807, 2.05) is 48.5 Å². The van der Waals surface area contributed by atoms with Gasteiger partial charge in [0, 0.05) is 44.0 Å². The third-order valence-electron chi connectivity index (χ3n) is 7.44. The topological polar surface area (TPSA) is 152 Å². The number of benzene rings is 2. The number of carbonyl (C=O) groups is 2. The Labute approximate surface area is 283 Å². The molecule has 1 aliphatic rings. The monoisotopic (exact) mass is 682 g/mol. The molecular formula is C34H46N6O7S. The fraction of sp³-hybridized carbons (Fsp3) is 0.471. The van der Waals surface area contributed by atoms with Crippen LogP contribution in [0, 0.1) is 6.92 Å². The molecule has 1 saturated heterocycles. The van der Waals surface area contributed by atoms with Gasteiger partial charge in [0.05, 0.1) is 31.3 Å². The van der Waals surface area contributed by atoms with Gasteiger partial charge in [-0.05, 0) is 68.5 Å². The average Bonchev–Trinajstić information content (AvgIpc) is 2.96. The zero-order chi connectivity index (χ0) is 35.4. The van der Waals surface area contributed by atoms with Crippen molar-refractivity contribution in [2.75, 3.05) is 49.6 Å². The Morgan fingerprint density at radius 1 is 0.958 bits per heavy atom. The van der Waals surface area contributed by atoms with Gasteiger partial charge in [-0.15, -0.1) is 0 Å². The highest BCUT2D eigenvalue weighted by atomic mass is 32.2. The smallest absolute Gasteiger partial charge is 0.410 e. The molecule has 3 aromatic rings. The Bertz CT molecular complexity index is 1760. The minimum atomic E-state index is -3.62. The van der Waals surface area contributed by atoms with Crippen LogP contribution in [0.5, 0.6) is 17.4 Å². The number of rotatable bonds is 9. The van der Waals surface area contributed by atoms with Gasteiger partial charge in [-0.1, -0.05) is 26.8 Å². The fourth-order valence-electron chi connectivity index (χ4n) is 4.94. The molecule has 14 heteroatoms. The number of nitrogens with one attached hydrogen (secondary N) is 2. The highest BCUT2D eigenvalue weighted by Crippen LogP contribution is 2.39. The number of hydrogen-bond acceptors (Lipinski definition) is 10. The van der Waals surface area contributed by atoms with Gasteiger partial charge < -0.3 is 24.4 Å². The van der Waals surface area contributed by atoms with E-state index in [2.05, 4.69) is 24.9 Å². The van der Waals surface area contributed by atoms with Gasteiger partial charge in [0.25, 0.3) is 5.91 Å². The van der Waals surface area contributed by atoms with Crippen molar-refractivity contribution in [2.24, 2.45) is 0 Å². The van der Waals surface area contributed by atoms with E-state index in [9.17, 15) is 18.0 Å². The number of aryl methyl sites for hydroxylation is 1. The lowest BCUT2D eigenvalue weighted by Gasteiger charge is -2.35. The van der Waals surface area contributed by atoms with Crippen molar-refractivity contribution < 1.29 is 32.2 Å². The second-order valence-corrected chi connectivity index (χ2v) is 15.6. The van der Waals surface area contributed by atoms with Crippen LogP contribution in [0.1, 0.15) is 68.9 Å². The fourth-order valence-corrected chi connectivity index (χ4v) is 5.49. The van der Waals surface area contributed by atoms with Crippen molar-refractivity contribution in [2.45, 2.75) is 66.0 Å². The van der Waals surface area contributed by atoms with Gasteiger partial charge >= 0.3 is 6.09 Å². The maximum Gasteiger partial charge on any atom is 0.410 e. The van der Waals surface area contributed by atoms with Crippen LogP contribution in [0.15, 0.2) is 42.6 Å². The standard InChI is InChI=1S/C34H46N6O7S/c1-22-10-11-23(31(41)36-25-19-24(33(2,3)4)20-26(30(25)45-8)38-48(9,43)44)18-27(22)46-29-12-13-35-28(37-29)21-39-14-16-40(17-15-39)32(42)47-34(5,6)7/h10-13,18-20,38H,14-17,21H2,1-9H3,(H,36,41). The molecule has 0 unspecified atom stereocenters. The van der Waals surface area contributed by atoms with Gasteiger partial charge in [0.1, 0.15) is 17.2 Å². The summed E-state index contributed by atoms with van der Waals surface area (Å²) in [6.07, 6.45) is 2.36. The van der Waals surface area contributed by atoms with Crippen molar-refractivity contribution in [3.05, 3.63) is 65.1 Å². The molecule has 1 aromatic heterocycles. The van der Waals surface area contributed by atoms with E-state index in [0.717, 1.165) is 17.4 Å². The van der Waals surface area contributed by atoms with Crippen molar-refractivity contribution >= 4 is 33.4 Å². The lowest BCUT2D eigenvalue weighted by atomic mass is 9.86. The molecule has 2 N–H and O–H groups in total. The molecule has 0 saturated carbocycles. The largest absolute Gasteiger partial charge is 0.492 e. The molecule has 0 atom stereocenters. The maximum atomic E-state index is 13.5. The Kier molecular flexibility index (Phi) is 10.9. The summed E-state index contributed by atoms with van der Waals surface area (Å²) >= 11 is 0. The SMILES string of the molecule is COc1c(NC(=O)c2ccc(C)c(Oc3ccnc(CN4CCN(C(=O)OC(C)(C)C)CC4)n3)c2)cc(C(C)(C)C)cc1NS(C)(=O)=O. The van der Waals surface area contributed by atoms with E-state index in [1.165, 1.54) is 7.11 Å². The molecular weight excluding hydrogens is 636 g/mol. The molecule has 0 spiro atoms. The Morgan fingerprint density at radius 3 is 2.23 bits per heavy atom. The van der Waals surface area contributed by atoms with E-state index in [1.54, 1.807) is 47.5 Å². The second kappa shape index (κ2) is 14.4. The molecule has 0 radical (unpaired) electrons. The molecule has 260 valence electrons. The summed E-state index contributed by atoms with van der Waals surface area (Å²) in [7, 11) is -2.21. The second-order valence-electron chi connectivity index (χ2n) is 13.8. The highest BCUT2D eigenvalue weighted by molar-refractivity contribution is 7.92. The molecule has 2 amide bonds. The summed E-state index contributed by atoms with van der Waals surface area (Å²) in [6.45, 7) is 16.2. The number of amides is 2. The molecule has 2 heterocycles. The minimum absolute atomic E-state index is 0.185. The molecule has 2 aromatic carbocycles. The summed E-state index contributed by atoms with van der Waals surface area (Å²) < 4.78 is 43.9. The molecule has 0 aliphatic carbocycles. The predicted octanol–water partition coefficient (Wildman–Crippen LogP) is 5.56. The number of anilines is 2. The number of piperazine rings is 1. The summed E-state index contributed by atoms with van der Waals surface area (Å²) in [5, 5.41) is 2.88. The Hall–Kier alpha value is -4.43. The van der Waals surface area contributed by atoms with Crippen LogP contribution >= 0.6 is 0 Å². The number of methoxy groups -OCH3 is 1. The maximum absolute atomic E-state index is 13.5. The molecule has 13 nitrogen and oxygen atoms in total. The first kappa shape index (κ1) is 36.4. The van der Waals surface area contributed by atoms with Crippen molar-refractivity contribution in [3.63, 3.8) is 0 Å². The van der Waals surface area contributed by atoms with Gasteiger partial charge in [-0.2, -0.15) is 4.98 Å². The normalized spacial score (nSPS) is 14.3. The van der Waals surface area contributed by atoms with Crippen LogP contribution in [0.2, 0.25) is 0 Å². The van der Waals surface area contributed by atoms with E-state index in [4.69, 9.17) is 14.2 Å². The lowest BCUT2D eigenvalue weighted by Crippen LogP contribution is -2.49. The van der Waals surface area contributed by atoms with E-state index in [-0.39, 0.29) is 22.9 Å². The van der Waals surface area contributed by atoms with Crippen LogP contribution in [0.25, 0.3) is 0 Å². The number of carbonyl (C=O) groups excluding carboxylic acids is 2. The minimum Gasteiger partial charge on any atom is -0.492 e. The Balaban J connectivity index is 1.48. The molecule has 48 heavy (non-hydrogen) atoms. The summed E-state index contributed by atoms with van der Waals surface area (Å²) in [5.41, 5.74) is 1.54. The van der Waals surface area contributed by atoms with E-state index >= 15 is 0 Å². The first-order valence-electron chi connectivity index (χ1n) is 15.6. The van der Waals surface area contributed by atoms with E-state index in [0.29, 0.717) is 61.4 Å².